The van der Waals surface area contributed by atoms with Crippen LogP contribution in [0, 0.1) is 0 Å². The summed E-state index contributed by atoms with van der Waals surface area (Å²) >= 11 is 6.00. The summed E-state index contributed by atoms with van der Waals surface area (Å²) in [5.74, 6) is 0.121. The Morgan fingerprint density at radius 1 is 1.25 bits per heavy atom. The molecule has 0 spiro atoms. The van der Waals surface area contributed by atoms with Crippen molar-refractivity contribution in [1.82, 2.24) is 15.1 Å². The molecule has 20 heavy (non-hydrogen) atoms. The minimum absolute atomic E-state index is 0.121. The van der Waals surface area contributed by atoms with Gasteiger partial charge in [-0.2, -0.15) is 0 Å². The number of benzene rings is 1. The van der Waals surface area contributed by atoms with Crippen LogP contribution in [0.4, 0.5) is 0 Å². The standard InChI is InChI=1S/C15H22ClN3O/c1-2-17-15(20)12-19-8-6-18(7-9-19)11-13-4-3-5-14(16)10-13/h3-5,10H,2,6-9,11-12H2,1H3,(H,17,20). The van der Waals surface area contributed by atoms with E-state index >= 15 is 0 Å². The summed E-state index contributed by atoms with van der Waals surface area (Å²) in [6, 6.07) is 8.01. The van der Waals surface area contributed by atoms with Crippen molar-refractivity contribution in [3.63, 3.8) is 0 Å². The molecule has 1 amide bonds. The van der Waals surface area contributed by atoms with E-state index in [2.05, 4.69) is 21.2 Å². The Morgan fingerprint density at radius 3 is 2.60 bits per heavy atom. The molecule has 0 saturated carbocycles. The molecule has 0 bridgehead atoms. The number of nitrogens with one attached hydrogen (secondary N) is 1. The molecule has 0 aromatic heterocycles. The molecule has 1 fully saturated rings. The van der Waals surface area contributed by atoms with Gasteiger partial charge in [0, 0.05) is 44.3 Å². The van der Waals surface area contributed by atoms with Gasteiger partial charge in [-0.1, -0.05) is 23.7 Å². The van der Waals surface area contributed by atoms with Gasteiger partial charge < -0.3 is 5.32 Å². The summed E-state index contributed by atoms with van der Waals surface area (Å²) in [6.07, 6.45) is 0. The smallest absolute Gasteiger partial charge is 0.234 e. The van der Waals surface area contributed by atoms with Gasteiger partial charge in [0.25, 0.3) is 0 Å². The van der Waals surface area contributed by atoms with E-state index in [1.807, 2.05) is 25.1 Å². The molecular formula is C15H22ClN3O. The van der Waals surface area contributed by atoms with E-state index in [4.69, 9.17) is 11.6 Å². The van der Waals surface area contributed by atoms with E-state index in [0.29, 0.717) is 13.1 Å². The lowest BCUT2D eigenvalue weighted by Crippen LogP contribution is -2.49. The van der Waals surface area contributed by atoms with Crippen LogP contribution < -0.4 is 5.32 Å². The van der Waals surface area contributed by atoms with Crippen molar-refractivity contribution in [2.45, 2.75) is 13.5 Å². The average molecular weight is 296 g/mol. The first-order valence-electron chi connectivity index (χ1n) is 7.13. The highest BCUT2D eigenvalue weighted by Gasteiger charge is 2.18. The predicted molar refractivity (Wildman–Crippen MR) is 81.9 cm³/mol. The van der Waals surface area contributed by atoms with E-state index in [1.165, 1.54) is 5.56 Å². The molecule has 4 nitrogen and oxygen atoms in total. The first-order valence-corrected chi connectivity index (χ1v) is 7.51. The first-order chi connectivity index (χ1) is 9.67. The van der Waals surface area contributed by atoms with Crippen LogP contribution in [0.15, 0.2) is 24.3 Å². The monoisotopic (exact) mass is 295 g/mol. The molecule has 1 aromatic rings. The fraction of sp³-hybridized carbons (Fsp3) is 0.533. The number of piperazine rings is 1. The summed E-state index contributed by atoms with van der Waals surface area (Å²) < 4.78 is 0. The van der Waals surface area contributed by atoms with Gasteiger partial charge in [0.05, 0.1) is 6.54 Å². The third-order valence-electron chi connectivity index (χ3n) is 3.50. The minimum Gasteiger partial charge on any atom is -0.355 e. The van der Waals surface area contributed by atoms with Crippen molar-refractivity contribution >= 4 is 17.5 Å². The lowest BCUT2D eigenvalue weighted by molar-refractivity contribution is -0.122. The molecule has 1 aliphatic heterocycles. The van der Waals surface area contributed by atoms with Gasteiger partial charge in [-0.15, -0.1) is 0 Å². The van der Waals surface area contributed by atoms with Crippen LogP contribution in [0.25, 0.3) is 0 Å². The van der Waals surface area contributed by atoms with Crippen molar-refractivity contribution in [2.75, 3.05) is 39.3 Å². The van der Waals surface area contributed by atoms with Gasteiger partial charge in [-0.3, -0.25) is 14.6 Å². The summed E-state index contributed by atoms with van der Waals surface area (Å²) in [4.78, 5) is 16.2. The zero-order valence-electron chi connectivity index (χ0n) is 11.9. The molecular weight excluding hydrogens is 274 g/mol. The van der Waals surface area contributed by atoms with E-state index in [9.17, 15) is 4.79 Å². The highest BCUT2D eigenvalue weighted by molar-refractivity contribution is 6.30. The largest absolute Gasteiger partial charge is 0.355 e. The number of hydrogen-bond acceptors (Lipinski definition) is 3. The van der Waals surface area contributed by atoms with Crippen molar-refractivity contribution in [3.05, 3.63) is 34.9 Å². The van der Waals surface area contributed by atoms with Crippen molar-refractivity contribution in [1.29, 1.82) is 0 Å². The Bertz CT molecular complexity index is 444. The maximum Gasteiger partial charge on any atom is 0.234 e. The van der Waals surface area contributed by atoms with Crippen molar-refractivity contribution in [3.8, 4) is 0 Å². The zero-order valence-corrected chi connectivity index (χ0v) is 12.7. The second-order valence-corrected chi connectivity index (χ2v) is 5.57. The van der Waals surface area contributed by atoms with Crippen molar-refractivity contribution < 1.29 is 4.79 Å². The lowest BCUT2D eigenvalue weighted by Gasteiger charge is -2.34. The Kier molecular flexibility index (Phi) is 5.83. The molecule has 1 N–H and O–H groups in total. The van der Waals surface area contributed by atoms with Gasteiger partial charge in [0.1, 0.15) is 0 Å². The Hall–Kier alpha value is -1.10. The summed E-state index contributed by atoms with van der Waals surface area (Å²) in [7, 11) is 0. The summed E-state index contributed by atoms with van der Waals surface area (Å²) in [6.45, 7) is 7.95. The number of amides is 1. The van der Waals surface area contributed by atoms with Gasteiger partial charge >= 0.3 is 0 Å². The van der Waals surface area contributed by atoms with Gasteiger partial charge in [-0.25, -0.2) is 0 Å². The fourth-order valence-corrected chi connectivity index (χ4v) is 2.67. The molecule has 0 atom stereocenters. The molecule has 2 rings (SSSR count). The number of carbonyl (C=O) groups is 1. The second kappa shape index (κ2) is 7.62. The van der Waals surface area contributed by atoms with Gasteiger partial charge in [-0.05, 0) is 24.6 Å². The Balaban J connectivity index is 1.75. The lowest BCUT2D eigenvalue weighted by atomic mass is 10.2. The molecule has 110 valence electrons. The summed E-state index contributed by atoms with van der Waals surface area (Å²) in [5.41, 5.74) is 1.25. The quantitative estimate of drug-likeness (QED) is 0.896. The second-order valence-electron chi connectivity index (χ2n) is 5.14. The number of carbonyl (C=O) groups excluding carboxylic acids is 1. The minimum atomic E-state index is 0.121. The normalized spacial score (nSPS) is 17.1. The maximum absolute atomic E-state index is 11.5. The number of hydrogen-bond donors (Lipinski definition) is 1. The number of likely N-dealkylation sites (N-methyl/N-ethyl adjacent to an activating group) is 1. The molecule has 1 aliphatic rings. The molecule has 5 heteroatoms. The first kappa shape index (κ1) is 15.3. The number of rotatable bonds is 5. The molecule has 1 aromatic carbocycles. The van der Waals surface area contributed by atoms with E-state index < -0.39 is 0 Å². The van der Waals surface area contributed by atoms with Crippen LogP contribution in [0.5, 0.6) is 0 Å². The molecule has 1 saturated heterocycles. The Labute approximate surface area is 125 Å². The summed E-state index contributed by atoms with van der Waals surface area (Å²) in [5, 5.41) is 3.63. The highest BCUT2D eigenvalue weighted by atomic mass is 35.5. The van der Waals surface area contributed by atoms with Crippen molar-refractivity contribution in [2.24, 2.45) is 0 Å². The topological polar surface area (TPSA) is 35.6 Å². The van der Waals surface area contributed by atoms with Gasteiger partial charge in [0.2, 0.25) is 5.91 Å². The van der Waals surface area contributed by atoms with Crippen LogP contribution in [-0.4, -0.2) is 55.0 Å². The maximum atomic E-state index is 11.5. The number of halogens is 1. The predicted octanol–water partition coefficient (Wildman–Crippen LogP) is 1.59. The van der Waals surface area contributed by atoms with E-state index in [0.717, 1.165) is 37.7 Å². The molecule has 0 unspecified atom stereocenters. The SMILES string of the molecule is CCNC(=O)CN1CCN(Cc2cccc(Cl)c2)CC1. The fourth-order valence-electron chi connectivity index (χ4n) is 2.46. The molecule has 0 aliphatic carbocycles. The average Bonchev–Trinajstić information content (AvgIpc) is 2.41. The van der Waals surface area contributed by atoms with Crippen LogP contribution in [0.3, 0.4) is 0 Å². The third-order valence-corrected chi connectivity index (χ3v) is 3.74. The molecule has 0 radical (unpaired) electrons. The van der Waals surface area contributed by atoms with Gasteiger partial charge in [0.15, 0.2) is 0 Å². The van der Waals surface area contributed by atoms with Crippen LogP contribution in [0.1, 0.15) is 12.5 Å². The zero-order chi connectivity index (χ0) is 14.4. The Morgan fingerprint density at radius 2 is 1.95 bits per heavy atom. The number of nitrogens with zero attached hydrogens (tertiary/aromatic N) is 2. The van der Waals surface area contributed by atoms with Crippen LogP contribution >= 0.6 is 11.6 Å². The third kappa shape index (κ3) is 4.78. The highest BCUT2D eigenvalue weighted by Crippen LogP contribution is 2.13. The molecule has 1 heterocycles. The van der Waals surface area contributed by atoms with E-state index in [-0.39, 0.29) is 5.91 Å². The van der Waals surface area contributed by atoms with Crippen LogP contribution in [0.2, 0.25) is 5.02 Å². The van der Waals surface area contributed by atoms with Crippen LogP contribution in [-0.2, 0) is 11.3 Å². The van der Waals surface area contributed by atoms with E-state index in [1.54, 1.807) is 0 Å².